The second-order valence-corrected chi connectivity index (χ2v) is 5.30. The van der Waals surface area contributed by atoms with Gasteiger partial charge in [0.05, 0.1) is 5.69 Å². The highest BCUT2D eigenvalue weighted by molar-refractivity contribution is 5.95. The summed E-state index contributed by atoms with van der Waals surface area (Å²) in [6, 6.07) is 17.5. The first-order valence-corrected chi connectivity index (χ1v) is 7.85. The number of fused-ring (bicyclic) bond motifs is 1. The van der Waals surface area contributed by atoms with Gasteiger partial charge in [-0.25, -0.2) is 4.79 Å². The third kappa shape index (κ3) is 4.05. The molecule has 3 rings (SSSR count). The lowest BCUT2D eigenvalue weighted by Crippen LogP contribution is -2.10. The van der Waals surface area contributed by atoms with Crippen molar-refractivity contribution < 1.29 is 19.4 Å². The van der Waals surface area contributed by atoms with Crippen molar-refractivity contribution in [3.63, 3.8) is 0 Å². The van der Waals surface area contributed by atoms with E-state index < -0.39 is 6.16 Å². The molecule has 0 aliphatic carbocycles. The van der Waals surface area contributed by atoms with Gasteiger partial charge in [-0.3, -0.25) is 0 Å². The Bertz CT molecular complexity index is 982. The van der Waals surface area contributed by atoms with E-state index in [9.17, 15) is 9.90 Å². The summed E-state index contributed by atoms with van der Waals surface area (Å²) in [6.45, 7) is 3.52. The minimum Gasteiger partial charge on any atom is -0.506 e. The van der Waals surface area contributed by atoms with Gasteiger partial charge in [0.2, 0.25) is 0 Å². The number of hydrogen-bond donors (Lipinski definition) is 1. The highest BCUT2D eigenvalue weighted by Crippen LogP contribution is 2.36. The summed E-state index contributed by atoms with van der Waals surface area (Å²) in [5.41, 5.74) is 0.839. The topological polar surface area (TPSA) is 80.5 Å². The van der Waals surface area contributed by atoms with Gasteiger partial charge in [-0.2, -0.15) is 5.11 Å². The number of rotatable bonds is 5. The number of phenolic OH excluding ortho intramolecular Hbond substituents is 1. The van der Waals surface area contributed by atoms with Crippen LogP contribution in [-0.4, -0.2) is 17.9 Å². The summed E-state index contributed by atoms with van der Waals surface area (Å²) in [5, 5.41) is 20.1. The van der Waals surface area contributed by atoms with E-state index in [2.05, 4.69) is 16.8 Å². The van der Waals surface area contributed by atoms with Crippen molar-refractivity contribution in [2.75, 3.05) is 6.61 Å². The molecule has 0 amide bonds. The quantitative estimate of drug-likeness (QED) is 0.279. The maximum atomic E-state index is 11.5. The minimum absolute atomic E-state index is 0.0351. The molecule has 3 aromatic rings. The van der Waals surface area contributed by atoms with Gasteiger partial charge in [0, 0.05) is 11.5 Å². The lowest BCUT2D eigenvalue weighted by Gasteiger charge is -2.05. The first-order chi connectivity index (χ1) is 12.7. The second kappa shape index (κ2) is 7.94. The van der Waals surface area contributed by atoms with Crippen LogP contribution in [0.3, 0.4) is 0 Å². The normalized spacial score (nSPS) is 10.8. The largest absolute Gasteiger partial charge is 0.514 e. The van der Waals surface area contributed by atoms with Crippen molar-refractivity contribution in [2.24, 2.45) is 10.2 Å². The van der Waals surface area contributed by atoms with Crippen LogP contribution >= 0.6 is 0 Å². The number of carbonyl (C=O) groups excluding carboxylic acids is 1. The zero-order valence-electron chi connectivity index (χ0n) is 13.8. The van der Waals surface area contributed by atoms with Crippen molar-refractivity contribution >= 4 is 28.3 Å². The van der Waals surface area contributed by atoms with Crippen molar-refractivity contribution in [1.82, 2.24) is 0 Å². The van der Waals surface area contributed by atoms with E-state index in [-0.39, 0.29) is 18.1 Å². The highest BCUT2D eigenvalue weighted by Gasteiger charge is 2.07. The third-order valence-electron chi connectivity index (χ3n) is 3.48. The molecule has 0 saturated carbocycles. The Balaban J connectivity index is 1.83. The van der Waals surface area contributed by atoms with Crippen LogP contribution in [0.1, 0.15) is 0 Å². The molecule has 130 valence electrons. The van der Waals surface area contributed by atoms with Crippen LogP contribution < -0.4 is 4.74 Å². The van der Waals surface area contributed by atoms with Crippen molar-refractivity contribution in [1.29, 1.82) is 0 Å². The van der Waals surface area contributed by atoms with E-state index in [1.54, 1.807) is 30.3 Å². The summed E-state index contributed by atoms with van der Waals surface area (Å²) in [6.07, 6.45) is 0.619. The maximum Gasteiger partial charge on any atom is 0.514 e. The van der Waals surface area contributed by atoms with Crippen LogP contribution in [0.2, 0.25) is 0 Å². The summed E-state index contributed by atoms with van der Waals surface area (Å²) in [4.78, 5) is 11.5. The zero-order valence-corrected chi connectivity index (χ0v) is 13.8. The van der Waals surface area contributed by atoms with Crippen LogP contribution in [0, 0.1) is 0 Å². The molecule has 0 atom stereocenters. The molecule has 0 spiro atoms. The number of carbonyl (C=O) groups is 1. The van der Waals surface area contributed by atoms with Crippen LogP contribution in [-0.2, 0) is 4.74 Å². The third-order valence-corrected chi connectivity index (χ3v) is 3.48. The van der Waals surface area contributed by atoms with Gasteiger partial charge in [-0.15, -0.1) is 5.11 Å². The van der Waals surface area contributed by atoms with Crippen LogP contribution in [0.4, 0.5) is 16.2 Å². The molecule has 0 saturated heterocycles. The lowest BCUT2D eigenvalue weighted by atomic mass is 10.1. The molecule has 0 heterocycles. The van der Waals surface area contributed by atoms with Gasteiger partial charge in [-0.1, -0.05) is 49.1 Å². The van der Waals surface area contributed by atoms with Crippen molar-refractivity contribution in [3.05, 3.63) is 73.3 Å². The summed E-state index contributed by atoms with van der Waals surface area (Å²) < 4.78 is 9.81. The van der Waals surface area contributed by atoms with Gasteiger partial charge in [0.1, 0.15) is 23.8 Å². The minimum atomic E-state index is -0.828. The number of aromatic hydroxyl groups is 1. The predicted octanol–water partition coefficient (Wildman–Crippen LogP) is 5.66. The van der Waals surface area contributed by atoms with Gasteiger partial charge in [0.15, 0.2) is 0 Å². The molecule has 26 heavy (non-hydrogen) atoms. The Morgan fingerprint density at radius 3 is 2.77 bits per heavy atom. The molecule has 0 aliphatic heterocycles. The highest BCUT2D eigenvalue weighted by atomic mass is 16.7. The van der Waals surface area contributed by atoms with E-state index in [0.29, 0.717) is 11.4 Å². The fourth-order valence-electron chi connectivity index (χ4n) is 2.32. The van der Waals surface area contributed by atoms with E-state index in [4.69, 9.17) is 9.47 Å². The average molecular weight is 348 g/mol. The van der Waals surface area contributed by atoms with E-state index in [1.807, 2.05) is 30.3 Å². The Hall–Kier alpha value is -3.67. The Labute approximate surface area is 150 Å². The molecule has 1 N–H and O–H groups in total. The summed E-state index contributed by atoms with van der Waals surface area (Å²) >= 11 is 0. The Kier molecular flexibility index (Phi) is 5.24. The smallest absolute Gasteiger partial charge is 0.506 e. The second-order valence-electron chi connectivity index (χ2n) is 5.30. The zero-order chi connectivity index (χ0) is 18.4. The Morgan fingerprint density at radius 2 is 1.92 bits per heavy atom. The van der Waals surface area contributed by atoms with Crippen LogP contribution in [0.25, 0.3) is 10.8 Å². The molecule has 0 unspecified atom stereocenters. The standard InChI is InChI=1S/C20H16N2O4/c1-2-12-25-20(24)26-16-8-5-7-15(13-16)21-22-19-17-9-4-3-6-14(17)10-11-18(19)23/h2-11,13,23H,1,12H2. The molecule has 0 radical (unpaired) electrons. The summed E-state index contributed by atoms with van der Waals surface area (Å²) in [5.74, 6) is 0.311. The monoisotopic (exact) mass is 348 g/mol. The molecule has 6 nitrogen and oxygen atoms in total. The number of phenols is 1. The number of hydrogen-bond acceptors (Lipinski definition) is 6. The van der Waals surface area contributed by atoms with E-state index >= 15 is 0 Å². The number of benzene rings is 3. The van der Waals surface area contributed by atoms with Gasteiger partial charge in [-0.05, 0) is 23.6 Å². The predicted molar refractivity (Wildman–Crippen MR) is 98.4 cm³/mol. The molecular formula is C20H16N2O4. The lowest BCUT2D eigenvalue weighted by molar-refractivity contribution is 0.109. The molecule has 0 fully saturated rings. The van der Waals surface area contributed by atoms with E-state index in [1.165, 1.54) is 6.08 Å². The SMILES string of the molecule is C=CCOC(=O)Oc1cccc(N=Nc2c(O)ccc3ccccc23)c1. The molecule has 6 heteroatoms. The molecular weight excluding hydrogens is 332 g/mol. The maximum absolute atomic E-state index is 11.5. The van der Waals surface area contributed by atoms with Gasteiger partial charge in [0.25, 0.3) is 0 Å². The fourth-order valence-corrected chi connectivity index (χ4v) is 2.32. The molecule has 0 aromatic heterocycles. The molecule has 3 aromatic carbocycles. The number of azo groups is 1. The number of ether oxygens (including phenoxy) is 2. The number of nitrogens with zero attached hydrogens (tertiary/aromatic N) is 2. The molecule has 0 aliphatic rings. The fraction of sp³-hybridized carbons (Fsp3) is 0.0500. The van der Waals surface area contributed by atoms with Crippen molar-refractivity contribution in [3.8, 4) is 11.5 Å². The first-order valence-electron chi connectivity index (χ1n) is 7.85. The van der Waals surface area contributed by atoms with Crippen LogP contribution in [0.15, 0.2) is 83.5 Å². The average Bonchev–Trinajstić information content (AvgIpc) is 2.66. The first kappa shape index (κ1) is 17.2. The molecule has 0 bridgehead atoms. The summed E-state index contributed by atoms with van der Waals surface area (Å²) in [7, 11) is 0. The van der Waals surface area contributed by atoms with Gasteiger partial charge >= 0.3 is 6.16 Å². The van der Waals surface area contributed by atoms with Crippen molar-refractivity contribution in [2.45, 2.75) is 0 Å². The Morgan fingerprint density at radius 1 is 1.08 bits per heavy atom. The van der Waals surface area contributed by atoms with E-state index in [0.717, 1.165) is 10.8 Å². The van der Waals surface area contributed by atoms with Gasteiger partial charge < -0.3 is 14.6 Å². The van der Waals surface area contributed by atoms with Crippen LogP contribution in [0.5, 0.6) is 11.5 Å².